The molecule has 1 heterocycles. The van der Waals surface area contributed by atoms with Crippen LogP contribution in [0.5, 0.6) is 0 Å². The molecule has 0 spiro atoms. The quantitative estimate of drug-likeness (QED) is 0.893. The Hall–Kier alpha value is -2.94. The average molecular weight is 279 g/mol. The SMILES string of the molecule is N#Cc1ccc(Nc2nccc(C(=O)NC3CC3)n2)cc1. The molecule has 2 N–H and O–H groups in total. The Balaban J connectivity index is 1.72. The predicted molar refractivity (Wildman–Crippen MR) is 77.0 cm³/mol. The van der Waals surface area contributed by atoms with Gasteiger partial charge in [0.2, 0.25) is 5.95 Å². The highest BCUT2D eigenvalue weighted by Crippen LogP contribution is 2.19. The molecule has 1 aliphatic carbocycles. The molecule has 0 radical (unpaired) electrons. The lowest BCUT2D eigenvalue weighted by molar-refractivity contribution is 0.0946. The van der Waals surface area contributed by atoms with Gasteiger partial charge in [-0.25, -0.2) is 9.97 Å². The van der Waals surface area contributed by atoms with Crippen LogP contribution in [-0.2, 0) is 0 Å². The second-order valence-electron chi connectivity index (χ2n) is 4.83. The molecule has 1 fully saturated rings. The predicted octanol–water partition coefficient (Wildman–Crippen LogP) is 1.98. The molecule has 1 saturated carbocycles. The van der Waals surface area contributed by atoms with Crippen LogP contribution in [0, 0.1) is 11.3 Å². The van der Waals surface area contributed by atoms with Crippen molar-refractivity contribution >= 4 is 17.5 Å². The van der Waals surface area contributed by atoms with E-state index in [9.17, 15) is 4.79 Å². The van der Waals surface area contributed by atoms with Crippen molar-refractivity contribution in [2.24, 2.45) is 0 Å². The number of nitrogens with one attached hydrogen (secondary N) is 2. The molecule has 0 aliphatic heterocycles. The lowest BCUT2D eigenvalue weighted by Gasteiger charge is -2.06. The number of nitriles is 1. The number of rotatable bonds is 4. The van der Waals surface area contributed by atoms with E-state index in [1.165, 1.54) is 0 Å². The van der Waals surface area contributed by atoms with Crippen LogP contribution in [0.25, 0.3) is 0 Å². The number of nitrogens with zero attached hydrogens (tertiary/aromatic N) is 3. The topological polar surface area (TPSA) is 90.7 Å². The van der Waals surface area contributed by atoms with Gasteiger partial charge < -0.3 is 10.6 Å². The van der Waals surface area contributed by atoms with Gasteiger partial charge in [0.05, 0.1) is 11.6 Å². The Morgan fingerprint density at radius 2 is 2.00 bits per heavy atom. The molecule has 6 nitrogen and oxygen atoms in total. The summed E-state index contributed by atoms with van der Waals surface area (Å²) in [5.74, 6) is 0.172. The Kier molecular flexibility index (Phi) is 3.48. The van der Waals surface area contributed by atoms with Crippen LogP contribution in [0.3, 0.4) is 0 Å². The van der Waals surface area contributed by atoms with Gasteiger partial charge in [-0.05, 0) is 43.2 Å². The summed E-state index contributed by atoms with van der Waals surface area (Å²) in [7, 11) is 0. The molecule has 3 rings (SSSR count). The lowest BCUT2D eigenvalue weighted by Crippen LogP contribution is -2.26. The van der Waals surface area contributed by atoms with E-state index >= 15 is 0 Å². The first kappa shape index (κ1) is 13.1. The van der Waals surface area contributed by atoms with Crippen molar-refractivity contribution in [1.82, 2.24) is 15.3 Å². The molecule has 0 unspecified atom stereocenters. The van der Waals surface area contributed by atoms with Crippen molar-refractivity contribution in [2.45, 2.75) is 18.9 Å². The van der Waals surface area contributed by atoms with Gasteiger partial charge in [-0.15, -0.1) is 0 Å². The van der Waals surface area contributed by atoms with Gasteiger partial charge in [0.15, 0.2) is 0 Å². The summed E-state index contributed by atoms with van der Waals surface area (Å²) in [6.45, 7) is 0. The van der Waals surface area contributed by atoms with E-state index in [1.54, 1.807) is 36.5 Å². The first-order valence-electron chi connectivity index (χ1n) is 6.66. The molecule has 1 amide bonds. The smallest absolute Gasteiger partial charge is 0.270 e. The van der Waals surface area contributed by atoms with Crippen molar-refractivity contribution in [3.8, 4) is 6.07 Å². The fraction of sp³-hybridized carbons (Fsp3) is 0.200. The molecule has 1 aliphatic rings. The lowest BCUT2D eigenvalue weighted by atomic mass is 10.2. The maximum absolute atomic E-state index is 11.9. The van der Waals surface area contributed by atoms with Crippen molar-refractivity contribution < 1.29 is 4.79 Å². The van der Waals surface area contributed by atoms with Gasteiger partial charge in [-0.1, -0.05) is 0 Å². The minimum absolute atomic E-state index is 0.178. The van der Waals surface area contributed by atoms with E-state index < -0.39 is 0 Å². The van der Waals surface area contributed by atoms with E-state index in [0.717, 1.165) is 18.5 Å². The van der Waals surface area contributed by atoms with Crippen LogP contribution >= 0.6 is 0 Å². The Bertz CT molecular complexity index is 701. The fourth-order valence-electron chi connectivity index (χ4n) is 1.79. The van der Waals surface area contributed by atoms with E-state index in [-0.39, 0.29) is 5.91 Å². The molecular formula is C15H13N5O. The van der Waals surface area contributed by atoms with Crippen LogP contribution in [0.2, 0.25) is 0 Å². The third kappa shape index (κ3) is 3.34. The van der Waals surface area contributed by atoms with Gasteiger partial charge in [-0.2, -0.15) is 5.26 Å². The Labute approximate surface area is 121 Å². The number of carbonyl (C=O) groups is 1. The first-order chi connectivity index (χ1) is 10.2. The van der Waals surface area contributed by atoms with Crippen molar-refractivity contribution in [1.29, 1.82) is 5.26 Å². The van der Waals surface area contributed by atoms with Crippen LogP contribution in [-0.4, -0.2) is 21.9 Å². The monoisotopic (exact) mass is 279 g/mol. The highest BCUT2D eigenvalue weighted by atomic mass is 16.2. The molecule has 21 heavy (non-hydrogen) atoms. The highest BCUT2D eigenvalue weighted by molar-refractivity contribution is 5.92. The number of carbonyl (C=O) groups excluding carboxylic acids is 1. The average Bonchev–Trinajstić information content (AvgIpc) is 3.32. The molecule has 104 valence electrons. The summed E-state index contributed by atoms with van der Waals surface area (Å²) in [5, 5.41) is 14.6. The normalized spacial score (nSPS) is 13.3. The molecule has 0 bridgehead atoms. The fourth-order valence-corrected chi connectivity index (χ4v) is 1.79. The molecule has 6 heteroatoms. The minimum Gasteiger partial charge on any atom is -0.348 e. The maximum Gasteiger partial charge on any atom is 0.270 e. The summed E-state index contributed by atoms with van der Waals surface area (Å²) in [6.07, 6.45) is 3.61. The van der Waals surface area contributed by atoms with E-state index in [4.69, 9.17) is 5.26 Å². The summed E-state index contributed by atoms with van der Waals surface area (Å²) in [4.78, 5) is 20.2. The summed E-state index contributed by atoms with van der Waals surface area (Å²) >= 11 is 0. The largest absolute Gasteiger partial charge is 0.348 e. The third-order valence-corrected chi connectivity index (χ3v) is 3.07. The molecule has 0 atom stereocenters. The molecule has 1 aromatic carbocycles. The second-order valence-corrected chi connectivity index (χ2v) is 4.83. The number of hydrogen-bond acceptors (Lipinski definition) is 5. The number of aromatic nitrogens is 2. The zero-order valence-electron chi connectivity index (χ0n) is 11.2. The Morgan fingerprint density at radius 1 is 1.24 bits per heavy atom. The van der Waals surface area contributed by atoms with E-state index in [0.29, 0.717) is 23.2 Å². The zero-order chi connectivity index (χ0) is 14.7. The van der Waals surface area contributed by atoms with E-state index in [1.807, 2.05) is 0 Å². The summed E-state index contributed by atoms with van der Waals surface area (Å²) in [5.41, 5.74) is 1.68. The number of benzene rings is 1. The number of hydrogen-bond donors (Lipinski definition) is 2. The highest BCUT2D eigenvalue weighted by Gasteiger charge is 2.24. The van der Waals surface area contributed by atoms with Crippen LogP contribution < -0.4 is 10.6 Å². The van der Waals surface area contributed by atoms with Gasteiger partial charge in [-0.3, -0.25) is 4.79 Å². The minimum atomic E-state index is -0.178. The van der Waals surface area contributed by atoms with Crippen LogP contribution in [0.4, 0.5) is 11.6 Å². The molecule has 1 aromatic heterocycles. The van der Waals surface area contributed by atoms with Crippen molar-refractivity contribution in [3.05, 3.63) is 47.8 Å². The van der Waals surface area contributed by atoms with Crippen LogP contribution in [0.1, 0.15) is 28.9 Å². The first-order valence-corrected chi connectivity index (χ1v) is 6.66. The van der Waals surface area contributed by atoms with Crippen LogP contribution in [0.15, 0.2) is 36.5 Å². The van der Waals surface area contributed by atoms with Gasteiger partial charge >= 0.3 is 0 Å². The zero-order valence-corrected chi connectivity index (χ0v) is 11.2. The van der Waals surface area contributed by atoms with Crippen molar-refractivity contribution in [2.75, 3.05) is 5.32 Å². The van der Waals surface area contributed by atoms with Gasteiger partial charge in [0.25, 0.3) is 5.91 Å². The standard InChI is InChI=1S/C15H13N5O/c16-9-10-1-3-12(4-2-10)19-15-17-8-7-13(20-15)14(21)18-11-5-6-11/h1-4,7-8,11H,5-6H2,(H,18,21)(H,17,19,20). The summed E-state index contributed by atoms with van der Waals surface area (Å²) in [6, 6.07) is 10.9. The van der Waals surface area contributed by atoms with Crippen molar-refractivity contribution in [3.63, 3.8) is 0 Å². The number of amides is 1. The molecule has 0 saturated heterocycles. The van der Waals surface area contributed by atoms with E-state index in [2.05, 4.69) is 26.7 Å². The number of anilines is 2. The molecule has 2 aromatic rings. The maximum atomic E-state index is 11.9. The van der Waals surface area contributed by atoms with Gasteiger partial charge in [0.1, 0.15) is 5.69 Å². The second kappa shape index (κ2) is 5.59. The molecular weight excluding hydrogens is 266 g/mol. The Morgan fingerprint density at radius 3 is 2.67 bits per heavy atom. The summed E-state index contributed by atoms with van der Waals surface area (Å²) < 4.78 is 0. The third-order valence-electron chi connectivity index (χ3n) is 3.07. The van der Waals surface area contributed by atoms with Gasteiger partial charge in [0, 0.05) is 17.9 Å².